The second-order valence-electron chi connectivity index (χ2n) is 7.89. The lowest BCUT2D eigenvalue weighted by Gasteiger charge is -2.28. The summed E-state index contributed by atoms with van der Waals surface area (Å²) in [6, 6.07) is 13.7. The number of aromatic amines is 1. The lowest BCUT2D eigenvalue weighted by atomic mass is 10.1. The van der Waals surface area contributed by atoms with E-state index in [2.05, 4.69) is 14.9 Å². The first-order valence-electron chi connectivity index (χ1n) is 10.6. The van der Waals surface area contributed by atoms with Crippen LogP contribution in [0.15, 0.2) is 53.5 Å². The Morgan fingerprint density at radius 3 is 2.45 bits per heavy atom. The molecule has 1 aliphatic heterocycles. The molecule has 7 nitrogen and oxygen atoms in total. The van der Waals surface area contributed by atoms with Crippen molar-refractivity contribution in [1.82, 2.24) is 19.6 Å². The van der Waals surface area contributed by atoms with E-state index in [0.717, 1.165) is 59.8 Å². The van der Waals surface area contributed by atoms with Crippen molar-refractivity contribution in [2.75, 3.05) is 25.1 Å². The van der Waals surface area contributed by atoms with Crippen molar-refractivity contribution in [1.29, 1.82) is 0 Å². The Kier molecular flexibility index (Phi) is 4.94. The van der Waals surface area contributed by atoms with Gasteiger partial charge >= 0.3 is 0 Å². The maximum absolute atomic E-state index is 13.6. The molecule has 0 atom stereocenters. The van der Waals surface area contributed by atoms with Gasteiger partial charge in [-0.1, -0.05) is 30.3 Å². The van der Waals surface area contributed by atoms with Crippen LogP contribution < -0.4 is 15.2 Å². The van der Waals surface area contributed by atoms with E-state index >= 15 is 0 Å². The van der Waals surface area contributed by atoms with Gasteiger partial charge in [0.2, 0.25) is 5.88 Å². The van der Waals surface area contributed by atoms with E-state index in [1.54, 1.807) is 19.4 Å². The Hall–Kier alpha value is -3.61. The standard InChI is InChI=1S/C24H25N5O2/c1-16-20(18-11-12-19(31-2)25-15-18)24(30)29-23(26-16)22(28-13-7-4-8-14-28)21(27-29)17-9-5-3-6-10-17/h3,5-6,9-12,15,26H,4,7-8,13-14H2,1-2H3. The number of anilines is 1. The number of nitrogens with one attached hydrogen (secondary N) is 1. The number of ether oxygens (including phenoxy) is 1. The Morgan fingerprint density at radius 1 is 1.00 bits per heavy atom. The molecule has 0 unspecified atom stereocenters. The highest BCUT2D eigenvalue weighted by Crippen LogP contribution is 2.35. The van der Waals surface area contributed by atoms with Gasteiger partial charge in [0.15, 0.2) is 5.65 Å². The number of benzene rings is 1. The summed E-state index contributed by atoms with van der Waals surface area (Å²) >= 11 is 0. The maximum atomic E-state index is 13.6. The number of fused-ring (bicyclic) bond motifs is 1. The summed E-state index contributed by atoms with van der Waals surface area (Å²) in [7, 11) is 1.57. The van der Waals surface area contributed by atoms with Gasteiger partial charge in [-0.15, -0.1) is 0 Å². The molecular formula is C24H25N5O2. The van der Waals surface area contributed by atoms with Gasteiger partial charge in [0.1, 0.15) is 11.4 Å². The topological polar surface area (TPSA) is 75.5 Å². The third kappa shape index (κ3) is 3.36. The molecule has 0 amide bonds. The van der Waals surface area contributed by atoms with Crippen LogP contribution >= 0.6 is 0 Å². The van der Waals surface area contributed by atoms with Crippen molar-refractivity contribution in [2.24, 2.45) is 0 Å². The molecule has 5 rings (SSSR count). The molecule has 0 spiro atoms. The molecular weight excluding hydrogens is 390 g/mol. The van der Waals surface area contributed by atoms with Gasteiger partial charge in [0.25, 0.3) is 5.56 Å². The van der Waals surface area contributed by atoms with E-state index in [1.807, 2.05) is 43.3 Å². The molecule has 0 bridgehead atoms. The first-order valence-corrected chi connectivity index (χ1v) is 10.6. The highest BCUT2D eigenvalue weighted by Gasteiger charge is 2.25. The van der Waals surface area contributed by atoms with Crippen molar-refractivity contribution >= 4 is 11.3 Å². The van der Waals surface area contributed by atoms with E-state index in [0.29, 0.717) is 11.4 Å². The largest absolute Gasteiger partial charge is 0.481 e. The van der Waals surface area contributed by atoms with Gasteiger partial charge < -0.3 is 14.6 Å². The van der Waals surface area contributed by atoms with Crippen LogP contribution in [-0.2, 0) is 0 Å². The molecule has 1 N–H and O–H groups in total. The predicted molar refractivity (Wildman–Crippen MR) is 122 cm³/mol. The number of piperidine rings is 1. The molecule has 1 aromatic carbocycles. The number of pyridine rings is 1. The van der Waals surface area contributed by atoms with Gasteiger partial charge in [0, 0.05) is 42.2 Å². The molecule has 4 aromatic rings. The zero-order valence-electron chi connectivity index (χ0n) is 17.8. The SMILES string of the molecule is COc1ccc(-c2c(C)[nH]c3c(N4CCCCC4)c(-c4ccccc4)nn3c2=O)cn1. The van der Waals surface area contributed by atoms with Crippen LogP contribution in [0, 0.1) is 6.92 Å². The monoisotopic (exact) mass is 415 g/mol. The quantitative estimate of drug-likeness (QED) is 0.544. The number of methoxy groups -OCH3 is 1. The van der Waals surface area contributed by atoms with Crippen molar-refractivity contribution in [2.45, 2.75) is 26.2 Å². The molecule has 31 heavy (non-hydrogen) atoms. The van der Waals surface area contributed by atoms with Gasteiger partial charge in [0.05, 0.1) is 12.7 Å². The molecule has 3 aromatic heterocycles. The van der Waals surface area contributed by atoms with E-state index < -0.39 is 0 Å². The van der Waals surface area contributed by atoms with Gasteiger partial charge in [-0.25, -0.2) is 4.98 Å². The Labute approximate surface area is 180 Å². The van der Waals surface area contributed by atoms with Crippen LogP contribution in [0.3, 0.4) is 0 Å². The number of aromatic nitrogens is 4. The molecule has 0 radical (unpaired) electrons. The Balaban J connectivity index is 1.75. The zero-order chi connectivity index (χ0) is 21.4. The number of nitrogens with zero attached hydrogens (tertiary/aromatic N) is 4. The third-order valence-corrected chi connectivity index (χ3v) is 5.90. The number of aryl methyl sites for hydroxylation is 1. The molecule has 1 saturated heterocycles. The van der Waals surface area contributed by atoms with Crippen LogP contribution in [0.5, 0.6) is 5.88 Å². The smallest absolute Gasteiger partial charge is 0.282 e. The molecule has 0 aliphatic carbocycles. The van der Waals surface area contributed by atoms with Gasteiger partial charge in [-0.3, -0.25) is 4.79 Å². The summed E-state index contributed by atoms with van der Waals surface area (Å²) in [5, 5.41) is 4.80. The first kappa shape index (κ1) is 19.4. The minimum Gasteiger partial charge on any atom is -0.481 e. The number of hydrogen-bond acceptors (Lipinski definition) is 5. The molecule has 7 heteroatoms. The fraction of sp³-hybridized carbons (Fsp3) is 0.292. The van der Waals surface area contributed by atoms with E-state index in [1.165, 1.54) is 10.9 Å². The van der Waals surface area contributed by atoms with Gasteiger partial charge in [-0.2, -0.15) is 9.61 Å². The normalized spacial score (nSPS) is 14.2. The minimum absolute atomic E-state index is 0.154. The summed E-state index contributed by atoms with van der Waals surface area (Å²) in [6.45, 7) is 3.86. The predicted octanol–water partition coefficient (Wildman–Crippen LogP) is 4.06. The lowest BCUT2D eigenvalue weighted by molar-refractivity contribution is 0.398. The molecule has 4 heterocycles. The lowest BCUT2D eigenvalue weighted by Crippen LogP contribution is -2.30. The molecule has 158 valence electrons. The van der Waals surface area contributed by atoms with Crippen molar-refractivity contribution in [3.05, 3.63) is 64.7 Å². The summed E-state index contributed by atoms with van der Waals surface area (Å²) in [5.74, 6) is 0.511. The Morgan fingerprint density at radius 2 is 1.77 bits per heavy atom. The third-order valence-electron chi connectivity index (χ3n) is 5.90. The van der Waals surface area contributed by atoms with Crippen LogP contribution in [0.25, 0.3) is 28.0 Å². The number of H-pyrrole nitrogens is 1. The van der Waals surface area contributed by atoms with Crippen LogP contribution in [0.1, 0.15) is 25.0 Å². The van der Waals surface area contributed by atoms with E-state index in [-0.39, 0.29) is 5.56 Å². The summed E-state index contributed by atoms with van der Waals surface area (Å²) in [6.07, 6.45) is 5.19. The average Bonchev–Trinajstić information content (AvgIpc) is 3.20. The highest BCUT2D eigenvalue weighted by atomic mass is 16.5. The summed E-state index contributed by atoms with van der Waals surface area (Å²) in [5.41, 5.74) is 5.53. The van der Waals surface area contributed by atoms with Crippen molar-refractivity contribution in [3.63, 3.8) is 0 Å². The molecule has 0 saturated carbocycles. The minimum atomic E-state index is -0.154. The second kappa shape index (κ2) is 7.91. The maximum Gasteiger partial charge on any atom is 0.282 e. The van der Waals surface area contributed by atoms with Crippen LogP contribution in [0.4, 0.5) is 5.69 Å². The first-order chi connectivity index (χ1) is 15.2. The average molecular weight is 415 g/mol. The van der Waals surface area contributed by atoms with Crippen molar-refractivity contribution in [3.8, 4) is 28.3 Å². The summed E-state index contributed by atoms with van der Waals surface area (Å²) in [4.78, 5) is 23.7. The fourth-order valence-corrected chi connectivity index (χ4v) is 4.37. The van der Waals surface area contributed by atoms with Crippen LogP contribution in [-0.4, -0.2) is 39.8 Å². The van der Waals surface area contributed by atoms with E-state index in [4.69, 9.17) is 9.84 Å². The van der Waals surface area contributed by atoms with Crippen LogP contribution in [0.2, 0.25) is 0 Å². The fourth-order valence-electron chi connectivity index (χ4n) is 4.37. The molecule has 1 aliphatic rings. The highest BCUT2D eigenvalue weighted by molar-refractivity contribution is 5.86. The second-order valence-corrected chi connectivity index (χ2v) is 7.89. The number of rotatable bonds is 4. The van der Waals surface area contributed by atoms with Gasteiger partial charge in [-0.05, 0) is 32.3 Å². The molecule has 1 fully saturated rings. The number of hydrogen-bond donors (Lipinski definition) is 1. The van der Waals surface area contributed by atoms with E-state index in [9.17, 15) is 4.79 Å². The Bertz CT molecular complexity index is 1270. The zero-order valence-corrected chi connectivity index (χ0v) is 17.8. The van der Waals surface area contributed by atoms with Crippen molar-refractivity contribution < 1.29 is 4.74 Å². The summed E-state index contributed by atoms with van der Waals surface area (Å²) < 4.78 is 6.66.